The maximum atomic E-state index is 13.7. The summed E-state index contributed by atoms with van der Waals surface area (Å²) in [4.78, 5) is 14.2. The number of nitrogens with zero attached hydrogens (tertiary/aromatic N) is 2. The van der Waals surface area contributed by atoms with Gasteiger partial charge in [-0.05, 0) is 67.8 Å². The third kappa shape index (κ3) is 6.61. The van der Waals surface area contributed by atoms with Crippen LogP contribution < -0.4 is 14.4 Å². The van der Waals surface area contributed by atoms with E-state index in [4.69, 9.17) is 9.47 Å². The molecule has 10 nitrogen and oxygen atoms in total. The Labute approximate surface area is 239 Å². The summed E-state index contributed by atoms with van der Waals surface area (Å²) < 4.78 is 66.7. The number of rotatable bonds is 10. The van der Waals surface area contributed by atoms with Crippen LogP contribution in [0.1, 0.15) is 5.56 Å². The van der Waals surface area contributed by atoms with Crippen LogP contribution in [0.4, 0.5) is 11.4 Å². The molecule has 0 unspecified atom stereocenters. The Morgan fingerprint density at radius 2 is 1.60 bits per heavy atom. The van der Waals surface area contributed by atoms with E-state index < -0.39 is 32.5 Å². The maximum absolute atomic E-state index is 13.7. The lowest BCUT2D eigenvalue weighted by Gasteiger charge is -2.26. The second-order valence-electron chi connectivity index (χ2n) is 8.95. The smallest absolute Gasteiger partial charge is 0.264 e. The molecule has 1 amide bonds. The number of hydrogen-bond donors (Lipinski definition) is 1. The van der Waals surface area contributed by atoms with Gasteiger partial charge in [0.1, 0.15) is 12.3 Å². The molecule has 0 aliphatic carbocycles. The number of ether oxygens (including phenoxy) is 2. The average Bonchev–Trinajstić information content (AvgIpc) is 2.97. The molecule has 1 fully saturated rings. The monoisotopic (exact) mass is 605 g/mol. The molecule has 0 aromatic heterocycles. The Kier molecular flexibility index (Phi) is 9.41. The van der Waals surface area contributed by atoms with Crippen molar-refractivity contribution < 1.29 is 31.1 Å². The number of nitrogens with one attached hydrogen (secondary N) is 1. The fraction of sp³-hybridized carbons (Fsp3) is 0.296. The van der Waals surface area contributed by atoms with Crippen molar-refractivity contribution in [3.8, 4) is 5.75 Å². The molecule has 0 atom stereocenters. The van der Waals surface area contributed by atoms with Gasteiger partial charge in [0.2, 0.25) is 15.9 Å². The van der Waals surface area contributed by atoms with E-state index in [-0.39, 0.29) is 34.3 Å². The number of morpholine rings is 1. The topological polar surface area (TPSA) is 122 Å². The molecule has 1 aliphatic rings. The molecule has 4 rings (SSSR count). The minimum Gasteiger partial charge on any atom is -0.495 e. The van der Waals surface area contributed by atoms with Gasteiger partial charge in [0.05, 0.1) is 41.5 Å². The summed E-state index contributed by atoms with van der Waals surface area (Å²) >= 11 is 1.49. The van der Waals surface area contributed by atoms with Crippen molar-refractivity contribution in [2.75, 3.05) is 55.8 Å². The van der Waals surface area contributed by atoms with E-state index in [2.05, 4.69) is 5.32 Å². The normalized spacial score (nSPS) is 14.5. The van der Waals surface area contributed by atoms with E-state index in [0.717, 1.165) is 14.8 Å². The first kappa shape index (κ1) is 29.9. The molecule has 3 aromatic rings. The Hall–Kier alpha value is -3.10. The maximum Gasteiger partial charge on any atom is 0.264 e. The Morgan fingerprint density at radius 1 is 0.975 bits per heavy atom. The minimum absolute atomic E-state index is 0.0256. The highest BCUT2D eigenvalue weighted by atomic mass is 32.2. The standard InChI is InChI=1S/C27H31N3O7S3/c1-20-4-6-21(7-5-20)30(40(34,35)23-10-8-22(38-3)9-11-23)19-27(31)28-25-18-24(12-13-26(25)36-2)39(32,33)29-14-16-37-17-15-29/h4-13,18H,14-17,19H2,1-3H3,(H,28,31). The molecule has 214 valence electrons. The molecule has 1 heterocycles. The summed E-state index contributed by atoms with van der Waals surface area (Å²) in [5, 5.41) is 2.65. The summed E-state index contributed by atoms with van der Waals surface area (Å²) in [5.74, 6) is -0.448. The average molecular weight is 606 g/mol. The van der Waals surface area contributed by atoms with Crippen molar-refractivity contribution in [3.05, 3.63) is 72.3 Å². The van der Waals surface area contributed by atoms with E-state index in [0.29, 0.717) is 18.9 Å². The molecule has 1 aliphatic heterocycles. The fourth-order valence-corrected chi connectivity index (χ4v) is 7.37. The number of benzene rings is 3. The molecule has 40 heavy (non-hydrogen) atoms. The van der Waals surface area contributed by atoms with Gasteiger partial charge >= 0.3 is 0 Å². The summed E-state index contributed by atoms with van der Waals surface area (Å²) in [5.41, 5.74) is 1.34. The van der Waals surface area contributed by atoms with Crippen molar-refractivity contribution in [3.63, 3.8) is 0 Å². The fourth-order valence-electron chi connectivity index (χ4n) is 4.10. The molecule has 1 saturated heterocycles. The highest BCUT2D eigenvalue weighted by Gasteiger charge is 2.29. The number of carbonyl (C=O) groups is 1. The minimum atomic E-state index is -4.12. The van der Waals surface area contributed by atoms with Gasteiger partial charge in [-0.15, -0.1) is 11.8 Å². The first-order valence-corrected chi connectivity index (χ1v) is 16.5. The zero-order chi connectivity index (χ0) is 28.9. The van der Waals surface area contributed by atoms with Crippen LogP contribution in [-0.4, -0.2) is 73.3 Å². The van der Waals surface area contributed by atoms with Crippen LogP contribution in [0.3, 0.4) is 0 Å². The van der Waals surface area contributed by atoms with E-state index in [1.54, 1.807) is 36.4 Å². The van der Waals surface area contributed by atoms with Crippen LogP contribution in [0.5, 0.6) is 5.75 Å². The molecular formula is C27H31N3O7S3. The zero-order valence-corrected chi connectivity index (χ0v) is 24.8. The van der Waals surface area contributed by atoms with Gasteiger partial charge in [-0.2, -0.15) is 4.31 Å². The first-order chi connectivity index (χ1) is 19.1. The molecule has 0 bridgehead atoms. The number of amides is 1. The predicted octanol–water partition coefficient (Wildman–Crippen LogP) is 3.58. The number of thioether (sulfide) groups is 1. The van der Waals surface area contributed by atoms with E-state index >= 15 is 0 Å². The van der Waals surface area contributed by atoms with Gasteiger partial charge in [-0.3, -0.25) is 9.10 Å². The Balaban J connectivity index is 1.64. The Bertz CT molecular complexity index is 1550. The van der Waals surface area contributed by atoms with Crippen molar-refractivity contribution in [1.82, 2.24) is 4.31 Å². The predicted molar refractivity (Wildman–Crippen MR) is 155 cm³/mol. The molecule has 3 aromatic carbocycles. The summed E-state index contributed by atoms with van der Waals surface area (Å²) in [6.45, 7) is 2.35. The highest BCUT2D eigenvalue weighted by Crippen LogP contribution is 2.30. The van der Waals surface area contributed by atoms with Crippen molar-refractivity contribution in [2.45, 2.75) is 21.6 Å². The Morgan fingerprint density at radius 3 is 2.20 bits per heavy atom. The number of anilines is 2. The van der Waals surface area contributed by atoms with Gasteiger partial charge in [0, 0.05) is 18.0 Å². The van der Waals surface area contributed by atoms with E-state index in [1.165, 1.54) is 53.5 Å². The molecule has 0 spiro atoms. The highest BCUT2D eigenvalue weighted by molar-refractivity contribution is 7.98. The number of carbonyl (C=O) groups excluding carboxylic acids is 1. The van der Waals surface area contributed by atoms with Gasteiger partial charge < -0.3 is 14.8 Å². The SMILES string of the molecule is COc1ccc(S(=O)(=O)N2CCOCC2)cc1NC(=O)CN(c1ccc(C)cc1)S(=O)(=O)c1ccc(SC)cc1. The summed E-state index contributed by atoms with van der Waals surface area (Å²) in [6.07, 6.45) is 1.89. The zero-order valence-electron chi connectivity index (χ0n) is 22.4. The van der Waals surface area contributed by atoms with Crippen LogP contribution in [0.15, 0.2) is 81.4 Å². The van der Waals surface area contributed by atoms with Gasteiger partial charge in [-0.1, -0.05) is 17.7 Å². The molecular weight excluding hydrogens is 575 g/mol. The molecule has 13 heteroatoms. The third-order valence-corrected chi connectivity index (χ3v) is 10.7. The van der Waals surface area contributed by atoms with Gasteiger partial charge in [0.25, 0.3) is 10.0 Å². The van der Waals surface area contributed by atoms with Crippen LogP contribution in [-0.2, 0) is 29.6 Å². The largest absolute Gasteiger partial charge is 0.495 e. The second-order valence-corrected chi connectivity index (χ2v) is 13.6. The van der Waals surface area contributed by atoms with Crippen molar-refractivity contribution in [2.24, 2.45) is 0 Å². The number of aryl methyl sites for hydroxylation is 1. The first-order valence-electron chi connectivity index (χ1n) is 12.4. The number of hydrogen-bond acceptors (Lipinski definition) is 8. The number of sulfonamides is 2. The van der Waals surface area contributed by atoms with Crippen LogP contribution in [0, 0.1) is 6.92 Å². The van der Waals surface area contributed by atoms with E-state index in [1.807, 2.05) is 13.2 Å². The van der Waals surface area contributed by atoms with Crippen LogP contribution in [0.2, 0.25) is 0 Å². The lowest BCUT2D eigenvalue weighted by Crippen LogP contribution is -2.40. The summed E-state index contributed by atoms with van der Waals surface area (Å²) in [7, 11) is -6.57. The summed E-state index contributed by atoms with van der Waals surface area (Å²) in [6, 6.07) is 17.4. The number of methoxy groups -OCH3 is 1. The second kappa shape index (κ2) is 12.6. The van der Waals surface area contributed by atoms with Crippen molar-refractivity contribution in [1.29, 1.82) is 0 Å². The quantitative estimate of drug-likeness (QED) is 0.348. The van der Waals surface area contributed by atoms with Gasteiger partial charge in [0.15, 0.2) is 0 Å². The van der Waals surface area contributed by atoms with Crippen LogP contribution in [0.25, 0.3) is 0 Å². The molecule has 0 saturated carbocycles. The lowest BCUT2D eigenvalue weighted by atomic mass is 10.2. The van der Waals surface area contributed by atoms with E-state index in [9.17, 15) is 21.6 Å². The van der Waals surface area contributed by atoms with Crippen molar-refractivity contribution >= 4 is 49.1 Å². The lowest BCUT2D eigenvalue weighted by molar-refractivity contribution is -0.114. The van der Waals surface area contributed by atoms with Gasteiger partial charge in [-0.25, -0.2) is 16.8 Å². The molecule has 1 N–H and O–H groups in total. The molecule has 0 radical (unpaired) electrons. The van der Waals surface area contributed by atoms with Crippen LogP contribution >= 0.6 is 11.8 Å². The third-order valence-electron chi connectivity index (χ3n) is 6.31.